The molecule has 0 unspecified atom stereocenters. The molecule has 2 aliphatic carbocycles. The Balaban J connectivity index is 1.37. The monoisotopic (exact) mass is 573 g/mol. The van der Waals surface area contributed by atoms with Gasteiger partial charge in [-0.05, 0) is 61.4 Å². The van der Waals surface area contributed by atoms with Crippen LogP contribution in [0.1, 0.15) is 44.6 Å². The molecule has 2 saturated carbocycles. The number of thiol groups is 1. The molecule has 0 aliphatic heterocycles. The molecule has 2 aromatic rings. The van der Waals surface area contributed by atoms with Crippen molar-refractivity contribution in [1.82, 2.24) is 9.88 Å². The minimum absolute atomic E-state index is 0.0523. The first-order chi connectivity index (χ1) is 18.6. The second-order valence-electron chi connectivity index (χ2n) is 10.8. The highest BCUT2D eigenvalue weighted by Crippen LogP contribution is 2.43. The van der Waals surface area contributed by atoms with Crippen LogP contribution in [0.4, 0.5) is 15.9 Å². The first-order valence-corrected chi connectivity index (χ1v) is 14.0. The molecule has 39 heavy (non-hydrogen) atoms. The van der Waals surface area contributed by atoms with Crippen molar-refractivity contribution in [3.05, 3.63) is 69.7 Å². The summed E-state index contributed by atoms with van der Waals surface area (Å²) >= 11 is 10.2. The van der Waals surface area contributed by atoms with Gasteiger partial charge in [0.25, 0.3) is 0 Å². The lowest BCUT2D eigenvalue weighted by Crippen LogP contribution is -2.53. The van der Waals surface area contributed by atoms with Crippen LogP contribution in [0.2, 0.25) is 5.02 Å². The van der Waals surface area contributed by atoms with Crippen molar-refractivity contribution in [2.24, 2.45) is 28.5 Å². The lowest BCUT2D eigenvalue weighted by atomic mass is 9.69. The van der Waals surface area contributed by atoms with E-state index in [1.165, 1.54) is 43.5 Å². The minimum atomic E-state index is -0.513. The summed E-state index contributed by atoms with van der Waals surface area (Å²) in [5.74, 6) is -0.227. The molecule has 8 N–H and O–H groups in total. The van der Waals surface area contributed by atoms with Gasteiger partial charge in [0.05, 0.1) is 10.7 Å². The maximum Gasteiger partial charge on any atom is 0.228 e. The largest absolute Gasteiger partial charge is 0.398 e. The van der Waals surface area contributed by atoms with E-state index < -0.39 is 5.82 Å². The Bertz CT molecular complexity index is 1260. The number of hydrogen-bond donors (Lipinski definition) is 6. The molecule has 8 nitrogen and oxygen atoms in total. The molecular formula is C28H37ClFN7OS. The van der Waals surface area contributed by atoms with Gasteiger partial charge in [-0.2, -0.15) is 0 Å². The normalized spacial score (nSPS) is 21.0. The molecule has 0 radical (unpaired) electrons. The molecule has 0 spiro atoms. The quantitative estimate of drug-likeness (QED) is 0.172. The summed E-state index contributed by atoms with van der Waals surface area (Å²) < 4.78 is 14.2. The smallest absolute Gasteiger partial charge is 0.228 e. The van der Waals surface area contributed by atoms with Gasteiger partial charge in [-0.1, -0.05) is 24.9 Å². The zero-order chi connectivity index (χ0) is 28.2. The van der Waals surface area contributed by atoms with Crippen LogP contribution in [0.25, 0.3) is 5.70 Å². The van der Waals surface area contributed by atoms with E-state index in [1.54, 1.807) is 18.3 Å². The van der Waals surface area contributed by atoms with Gasteiger partial charge in [0.2, 0.25) is 5.91 Å². The van der Waals surface area contributed by atoms with Gasteiger partial charge in [0.15, 0.2) is 0 Å². The fraction of sp³-hybridized carbons (Fsp3) is 0.429. The second kappa shape index (κ2) is 12.6. The Morgan fingerprint density at radius 2 is 2.00 bits per heavy atom. The van der Waals surface area contributed by atoms with E-state index in [1.807, 2.05) is 0 Å². The topological polar surface area (TPSA) is 135 Å². The summed E-state index contributed by atoms with van der Waals surface area (Å²) in [6, 6.07) is 7.90. The van der Waals surface area contributed by atoms with Gasteiger partial charge in [-0.3, -0.25) is 9.69 Å². The van der Waals surface area contributed by atoms with Gasteiger partial charge >= 0.3 is 0 Å². The fourth-order valence-corrected chi connectivity index (χ4v) is 5.46. The number of hydrogen-bond acceptors (Lipinski definition) is 8. The number of rotatable bonds is 11. The van der Waals surface area contributed by atoms with Crippen molar-refractivity contribution < 1.29 is 9.18 Å². The minimum Gasteiger partial charge on any atom is -0.398 e. The average Bonchev–Trinajstić information content (AvgIpc) is 2.83. The number of pyridine rings is 1. The summed E-state index contributed by atoms with van der Waals surface area (Å²) in [5.41, 5.74) is 19.5. The van der Waals surface area contributed by atoms with E-state index in [4.69, 9.17) is 28.8 Å². The number of allylic oxidation sites excluding steroid dienone is 1. The molecule has 1 aromatic carbocycles. The van der Waals surface area contributed by atoms with E-state index in [9.17, 15) is 9.18 Å². The highest BCUT2D eigenvalue weighted by Gasteiger charge is 2.41. The first kappa shape index (κ1) is 29.2. The van der Waals surface area contributed by atoms with Crippen LogP contribution in [0.5, 0.6) is 0 Å². The molecule has 4 rings (SSSR count). The Morgan fingerprint density at radius 1 is 1.26 bits per heavy atom. The standard InChI is InChI=1S/C28H37ClFN7OS/c1-28(6-2-7-28)16-37(10-8-31)20-11-17(12-20)27(38)36-25-14-19(5-9-34-25)35-24(26(33)39)15-23(32)21-13-18(29)3-4-22(21)30/h3-5,9,13-15,17,20,39H,2,6-8,10-12,16,31-33H2,1H3,(H2,34,35,36,38)/b23-15-,26-24-. The van der Waals surface area contributed by atoms with Crippen LogP contribution in [-0.4, -0.2) is 41.5 Å². The van der Waals surface area contributed by atoms with E-state index in [2.05, 4.69) is 40.1 Å². The predicted molar refractivity (Wildman–Crippen MR) is 159 cm³/mol. The molecule has 1 heterocycles. The summed E-state index contributed by atoms with van der Waals surface area (Å²) in [6.45, 7) is 4.87. The maximum absolute atomic E-state index is 14.2. The summed E-state index contributed by atoms with van der Waals surface area (Å²) in [5, 5.41) is 6.53. The molecule has 2 fully saturated rings. The number of halogens is 2. The third kappa shape index (κ3) is 7.45. The number of nitrogens with two attached hydrogens (primary N) is 3. The van der Waals surface area contributed by atoms with Crippen LogP contribution in [0, 0.1) is 17.2 Å². The molecule has 1 aromatic heterocycles. The molecular weight excluding hydrogens is 537 g/mol. The van der Waals surface area contributed by atoms with Gasteiger partial charge in [-0.25, -0.2) is 9.37 Å². The molecule has 210 valence electrons. The number of carbonyl (C=O) groups is 1. The van der Waals surface area contributed by atoms with Gasteiger partial charge in [0.1, 0.15) is 11.6 Å². The molecule has 1 amide bonds. The van der Waals surface area contributed by atoms with Crippen molar-refractivity contribution in [3.8, 4) is 0 Å². The Morgan fingerprint density at radius 3 is 2.64 bits per heavy atom. The third-order valence-corrected chi connectivity index (χ3v) is 8.14. The zero-order valence-corrected chi connectivity index (χ0v) is 23.7. The Labute approximate surface area is 239 Å². The highest BCUT2D eigenvalue weighted by atomic mass is 35.5. The number of anilines is 2. The number of carbonyl (C=O) groups excluding carboxylic acids is 1. The van der Waals surface area contributed by atoms with Crippen LogP contribution in [0.15, 0.2) is 53.3 Å². The zero-order valence-electron chi connectivity index (χ0n) is 22.1. The van der Waals surface area contributed by atoms with Crippen molar-refractivity contribution >= 4 is 47.3 Å². The summed E-state index contributed by atoms with van der Waals surface area (Å²) in [6.07, 6.45) is 8.49. The number of nitrogens with one attached hydrogen (secondary N) is 2. The van der Waals surface area contributed by atoms with Crippen LogP contribution in [-0.2, 0) is 4.79 Å². The van der Waals surface area contributed by atoms with Crippen molar-refractivity contribution in [2.75, 3.05) is 30.3 Å². The third-order valence-electron chi connectivity index (χ3n) is 7.67. The summed E-state index contributed by atoms with van der Waals surface area (Å²) in [7, 11) is 0. The molecule has 0 saturated heterocycles. The van der Waals surface area contributed by atoms with E-state index in [0.29, 0.717) is 40.2 Å². The number of aromatic nitrogens is 1. The average molecular weight is 574 g/mol. The molecule has 11 heteroatoms. The van der Waals surface area contributed by atoms with Crippen LogP contribution >= 0.6 is 24.2 Å². The van der Waals surface area contributed by atoms with Gasteiger partial charge in [0, 0.05) is 65.8 Å². The van der Waals surface area contributed by atoms with E-state index >= 15 is 0 Å². The van der Waals surface area contributed by atoms with E-state index in [0.717, 1.165) is 25.9 Å². The van der Waals surface area contributed by atoms with Crippen molar-refractivity contribution in [2.45, 2.75) is 45.1 Å². The lowest BCUT2D eigenvalue weighted by Gasteiger charge is -2.48. The van der Waals surface area contributed by atoms with Crippen LogP contribution < -0.4 is 27.8 Å². The van der Waals surface area contributed by atoms with E-state index in [-0.39, 0.29) is 28.1 Å². The predicted octanol–water partition coefficient (Wildman–Crippen LogP) is 4.51. The molecule has 0 atom stereocenters. The molecule has 0 bridgehead atoms. The Kier molecular flexibility index (Phi) is 9.43. The number of amides is 1. The Hall–Kier alpha value is -2.79. The second-order valence-corrected chi connectivity index (χ2v) is 11.7. The van der Waals surface area contributed by atoms with Crippen molar-refractivity contribution in [1.29, 1.82) is 0 Å². The molecule has 2 aliphatic rings. The number of benzene rings is 1. The number of nitrogens with zero attached hydrogens (tertiary/aromatic N) is 2. The SMILES string of the molecule is CC1(CN(CCN)C2CC(C(=O)Nc3cc(NC(/C=C(\N)c4cc(Cl)ccc4F)=C(/N)S)ccn3)C2)CCC1. The van der Waals surface area contributed by atoms with Crippen molar-refractivity contribution in [3.63, 3.8) is 0 Å². The fourth-order valence-electron chi connectivity index (χ4n) is 5.17. The van der Waals surface area contributed by atoms with Gasteiger partial charge in [-0.15, -0.1) is 12.6 Å². The van der Waals surface area contributed by atoms with Gasteiger partial charge < -0.3 is 27.8 Å². The first-order valence-electron chi connectivity index (χ1n) is 13.2. The lowest BCUT2D eigenvalue weighted by molar-refractivity contribution is -0.125. The summed E-state index contributed by atoms with van der Waals surface area (Å²) in [4.78, 5) is 19.7. The highest BCUT2D eigenvalue weighted by molar-refractivity contribution is 7.84. The van der Waals surface area contributed by atoms with Crippen LogP contribution in [0.3, 0.4) is 0 Å². The maximum atomic E-state index is 14.2.